The summed E-state index contributed by atoms with van der Waals surface area (Å²) >= 11 is 0. The Morgan fingerprint density at radius 3 is 2.47 bits per heavy atom. The van der Waals surface area contributed by atoms with E-state index in [0.717, 1.165) is 0 Å². The molecule has 2 amide bonds. The van der Waals surface area contributed by atoms with Crippen LogP contribution in [-0.4, -0.2) is 42.8 Å². The fourth-order valence-electron chi connectivity index (χ4n) is 0.976. The standard InChI is InChI=1S/C9H19N3O3/c1-7(8(13)14)5-4-6-10-9(15)11-12(2)3/h7H,4-6H2,1-3H3,(H,13,14)(H2,10,11,15). The van der Waals surface area contributed by atoms with Crippen LogP contribution in [-0.2, 0) is 4.79 Å². The lowest BCUT2D eigenvalue weighted by atomic mass is 10.1. The van der Waals surface area contributed by atoms with Gasteiger partial charge >= 0.3 is 12.0 Å². The van der Waals surface area contributed by atoms with Crippen molar-refractivity contribution < 1.29 is 14.7 Å². The second-order valence-electron chi connectivity index (χ2n) is 3.64. The van der Waals surface area contributed by atoms with Gasteiger partial charge < -0.3 is 10.4 Å². The van der Waals surface area contributed by atoms with Crippen molar-refractivity contribution in [2.24, 2.45) is 5.92 Å². The lowest BCUT2D eigenvalue weighted by molar-refractivity contribution is -0.141. The number of nitrogens with zero attached hydrogens (tertiary/aromatic N) is 1. The highest BCUT2D eigenvalue weighted by molar-refractivity contribution is 5.73. The molecule has 3 N–H and O–H groups in total. The monoisotopic (exact) mass is 217 g/mol. The minimum atomic E-state index is -0.798. The molecule has 0 saturated carbocycles. The number of amides is 2. The molecule has 0 rings (SSSR count). The molecule has 0 aliphatic heterocycles. The van der Waals surface area contributed by atoms with Crippen LogP contribution in [0.4, 0.5) is 4.79 Å². The number of rotatable bonds is 6. The summed E-state index contributed by atoms with van der Waals surface area (Å²) in [6.45, 7) is 2.14. The van der Waals surface area contributed by atoms with Gasteiger partial charge in [-0.05, 0) is 12.8 Å². The lowest BCUT2D eigenvalue weighted by Crippen LogP contribution is -2.43. The molecular weight excluding hydrogens is 198 g/mol. The predicted octanol–water partition coefficient (Wildman–Crippen LogP) is 0.263. The summed E-state index contributed by atoms with van der Waals surface area (Å²) in [5.74, 6) is -1.16. The summed E-state index contributed by atoms with van der Waals surface area (Å²) < 4.78 is 0. The highest BCUT2D eigenvalue weighted by atomic mass is 16.4. The van der Waals surface area contributed by atoms with Gasteiger partial charge in [0.05, 0.1) is 5.92 Å². The molecule has 15 heavy (non-hydrogen) atoms. The van der Waals surface area contributed by atoms with E-state index in [1.807, 2.05) is 0 Å². The molecule has 6 nitrogen and oxygen atoms in total. The molecule has 0 aliphatic rings. The molecule has 0 radical (unpaired) electrons. The topological polar surface area (TPSA) is 81.7 Å². The quantitative estimate of drug-likeness (QED) is 0.440. The third-order valence-electron chi connectivity index (χ3n) is 1.85. The highest BCUT2D eigenvalue weighted by Crippen LogP contribution is 2.03. The zero-order chi connectivity index (χ0) is 11.8. The molecule has 88 valence electrons. The summed E-state index contributed by atoms with van der Waals surface area (Å²) in [4.78, 5) is 21.5. The Morgan fingerprint density at radius 2 is 2.00 bits per heavy atom. The molecule has 0 spiro atoms. The maximum absolute atomic E-state index is 11.1. The highest BCUT2D eigenvalue weighted by Gasteiger charge is 2.09. The molecule has 0 bridgehead atoms. The van der Waals surface area contributed by atoms with E-state index in [1.54, 1.807) is 21.0 Å². The summed E-state index contributed by atoms with van der Waals surface area (Å²) in [6, 6.07) is -0.275. The molecule has 1 atom stereocenters. The van der Waals surface area contributed by atoms with Crippen molar-refractivity contribution in [2.45, 2.75) is 19.8 Å². The molecule has 0 aromatic carbocycles. The Bertz CT molecular complexity index is 219. The zero-order valence-electron chi connectivity index (χ0n) is 9.41. The van der Waals surface area contributed by atoms with Gasteiger partial charge in [0.1, 0.15) is 0 Å². The number of aliphatic carboxylic acids is 1. The van der Waals surface area contributed by atoms with Crippen LogP contribution < -0.4 is 10.7 Å². The molecule has 0 heterocycles. The molecule has 6 heteroatoms. The van der Waals surface area contributed by atoms with Crippen molar-refractivity contribution in [3.8, 4) is 0 Å². The van der Waals surface area contributed by atoms with Crippen molar-refractivity contribution in [2.75, 3.05) is 20.6 Å². The third kappa shape index (κ3) is 7.75. The Kier molecular flexibility index (Phi) is 6.44. The van der Waals surface area contributed by atoms with Gasteiger partial charge in [0, 0.05) is 20.6 Å². The van der Waals surface area contributed by atoms with Crippen LogP contribution >= 0.6 is 0 Å². The van der Waals surface area contributed by atoms with Crippen LogP contribution in [0.5, 0.6) is 0 Å². The van der Waals surface area contributed by atoms with E-state index in [4.69, 9.17) is 5.11 Å². The SMILES string of the molecule is CC(CCCNC(=O)NN(C)C)C(=O)O. The fraction of sp³-hybridized carbons (Fsp3) is 0.778. The van der Waals surface area contributed by atoms with Crippen LogP contribution in [0.2, 0.25) is 0 Å². The van der Waals surface area contributed by atoms with E-state index < -0.39 is 5.97 Å². The Labute approximate surface area is 89.6 Å². The van der Waals surface area contributed by atoms with Crippen molar-refractivity contribution in [1.29, 1.82) is 0 Å². The zero-order valence-corrected chi connectivity index (χ0v) is 9.41. The van der Waals surface area contributed by atoms with E-state index in [-0.39, 0.29) is 11.9 Å². The number of hydrogen-bond donors (Lipinski definition) is 3. The van der Waals surface area contributed by atoms with Gasteiger partial charge in [-0.15, -0.1) is 0 Å². The van der Waals surface area contributed by atoms with E-state index >= 15 is 0 Å². The fourth-order valence-corrected chi connectivity index (χ4v) is 0.976. The van der Waals surface area contributed by atoms with Gasteiger partial charge in [-0.3, -0.25) is 10.2 Å². The number of urea groups is 1. The maximum atomic E-state index is 11.1. The summed E-state index contributed by atoms with van der Waals surface area (Å²) in [5.41, 5.74) is 2.52. The number of hydrazine groups is 1. The van der Waals surface area contributed by atoms with Gasteiger partial charge in [-0.2, -0.15) is 0 Å². The molecule has 0 aromatic rings. The van der Waals surface area contributed by atoms with Crippen LogP contribution in [0.3, 0.4) is 0 Å². The first-order chi connectivity index (χ1) is 6.93. The minimum absolute atomic E-state index is 0.275. The first kappa shape index (κ1) is 13.7. The molecule has 0 aliphatic carbocycles. The number of carbonyl (C=O) groups excluding carboxylic acids is 1. The van der Waals surface area contributed by atoms with Crippen molar-refractivity contribution in [3.05, 3.63) is 0 Å². The van der Waals surface area contributed by atoms with Crippen LogP contribution in [0.15, 0.2) is 0 Å². The second-order valence-corrected chi connectivity index (χ2v) is 3.64. The van der Waals surface area contributed by atoms with E-state index in [9.17, 15) is 9.59 Å². The Hall–Kier alpha value is -1.30. The average molecular weight is 217 g/mol. The second kappa shape index (κ2) is 7.05. The molecule has 0 aromatic heterocycles. The summed E-state index contributed by atoms with van der Waals surface area (Å²) in [6.07, 6.45) is 1.23. The van der Waals surface area contributed by atoms with E-state index in [0.29, 0.717) is 19.4 Å². The molecular formula is C9H19N3O3. The molecule has 0 fully saturated rings. The van der Waals surface area contributed by atoms with Crippen LogP contribution in [0.1, 0.15) is 19.8 Å². The number of nitrogens with one attached hydrogen (secondary N) is 2. The van der Waals surface area contributed by atoms with Crippen molar-refractivity contribution in [1.82, 2.24) is 15.8 Å². The van der Waals surface area contributed by atoms with E-state index in [2.05, 4.69) is 10.7 Å². The van der Waals surface area contributed by atoms with E-state index in [1.165, 1.54) is 5.01 Å². The van der Waals surface area contributed by atoms with Crippen molar-refractivity contribution >= 4 is 12.0 Å². The third-order valence-corrected chi connectivity index (χ3v) is 1.85. The molecule has 0 saturated heterocycles. The normalized spacial score (nSPS) is 12.3. The predicted molar refractivity (Wildman–Crippen MR) is 56.3 cm³/mol. The molecule has 1 unspecified atom stereocenters. The van der Waals surface area contributed by atoms with Crippen molar-refractivity contribution in [3.63, 3.8) is 0 Å². The minimum Gasteiger partial charge on any atom is -0.481 e. The van der Waals surface area contributed by atoms with Gasteiger partial charge in [-0.25, -0.2) is 9.80 Å². The van der Waals surface area contributed by atoms with Gasteiger partial charge in [0.2, 0.25) is 0 Å². The maximum Gasteiger partial charge on any atom is 0.329 e. The average Bonchev–Trinajstić information content (AvgIpc) is 2.10. The van der Waals surface area contributed by atoms with Gasteiger partial charge in [-0.1, -0.05) is 6.92 Å². The van der Waals surface area contributed by atoms with Crippen LogP contribution in [0, 0.1) is 5.92 Å². The summed E-state index contributed by atoms with van der Waals surface area (Å²) in [5, 5.41) is 12.8. The van der Waals surface area contributed by atoms with Crippen LogP contribution in [0.25, 0.3) is 0 Å². The Balaban J connectivity index is 3.46. The largest absolute Gasteiger partial charge is 0.481 e. The lowest BCUT2D eigenvalue weighted by Gasteiger charge is -2.13. The Morgan fingerprint density at radius 1 is 1.40 bits per heavy atom. The van der Waals surface area contributed by atoms with Gasteiger partial charge in [0.15, 0.2) is 0 Å². The number of carboxylic acids is 1. The number of carboxylic acid groups (broad SMARTS) is 1. The number of carbonyl (C=O) groups is 2. The smallest absolute Gasteiger partial charge is 0.329 e. The van der Waals surface area contributed by atoms with Gasteiger partial charge in [0.25, 0.3) is 0 Å². The summed E-state index contributed by atoms with van der Waals surface area (Å²) in [7, 11) is 3.43. The first-order valence-corrected chi connectivity index (χ1v) is 4.88. The number of hydrogen-bond acceptors (Lipinski definition) is 3. The first-order valence-electron chi connectivity index (χ1n) is 4.88.